The number of amides is 3. The molecule has 1 aromatic carbocycles. The molecule has 164 valence electrons. The molecule has 3 amide bonds. The molecule has 1 atom stereocenters. The third-order valence-corrected chi connectivity index (χ3v) is 5.02. The molecule has 0 saturated carbocycles. The molecule has 0 bridgehead atoms. The molecule has 2 aliphatic heterocycles. The van der Waals surface area contributed by atoms with Crippen LogP contribution in [0.3, 0.4) is 0 Å². The number of rotatable bonds is 4. The molecule has 0 aliphatic carbocycles. The van der Waals surface area contributed by atoms with Gasteiger partial charge in [0.1, 0.15) is 11.4 Å². The average molecular weight is 418 g/mol. The fraction of sp³-hybridized carbons (Fsp3) is 0.591. The van der Waals surface area contributed by atoms with Crippen LogP contribution >= 0.6 is 0 Å². The number of likely N-dealkylation sites (tertiary alicyclic amines) is 1. The van der Waals surface area contributed by atoms with Gasteiger partial charge in [0, 0.05) is 26.1 Å². The number of ether oxygens (including phenoxy) is 2. The number of fused-ring (bicyclic) bond motifs is 1. The zero-order valence-electron chi connectivity index (χ0n) is 18.0. The zero-order chi connectivity index (χ0) is 21.7. The van der Waals surface area contributed by atoms with Gasteiger partial charge in [0.15, 0.2) is 6.10 Å². The number of alkyl carbamates (subject to hydrolysis) is 1. The van der Waals surface area contributed by atoms with Gasteiger partial charge in [0.25, 0.3) is 5.91 Å². The molecule has 8 nitrogen and oxygen atoms in total. The van der Waals surface area contributed by atoms with E-state index in [0.717, 1.165) is 32.4 Å². The van der Waals surface area contributed by atoms with Crippen LogP contribution in [0.1, 0.15) is 46.5 Å². The molecular formula is C22H31N3O5. The number of hydrogen-bond donors (Lipinski definition) is 1. The Morgan fingerprint density at radius 2 is 1.83 bits per heavy atom. The van der Waals surface area contributed by atoms with Crippen molar-refractivity contribution in [3.8, 4) is 5.75 Å². The van der Waals surface area contributed by atoms with Crippen LogP contribution in [0.5, 0.6) is 5.75 Å². The SMILES string of the molecule is CC(C)(C)OC(=O)NCCC(=O)N1C[C@@H](C(=O)N2CCCCC2)Oc2ccccc21. The van der Waals surface area contributed by atoms with E-state index in [1.165, 1.54) is 0 Å². The fourth-order valence-corrected chi connectivity index (χ4v) is 3.64. The zero-order valence-corrected chi connectivity index (χ0v) is 18.0. The second-order valence-corrected chi connectivity index (χ2v) is 8.64. The molecule has 0 aromatic heterocycles. The molecule has 8 heteroatoms. The molecule has 0 spiro atoms. The van der Waals surface area contributed by atoms with Crippen LogP contribution in [0.15, 0.2) is 24.3 Å². The fourth-order valence-electron chi connectivity index (χ4n) is 3.64. The average Bonchev–Trinajstić information content (AvgIpc) is 2.71. The van der Waals surface area contributed by atoms with Crippen molar-refractivity contribution in [1.82, 2.24) is 10.2 Å². The number of benzene rings is 1. The lowest BCUT2D eigenvalue weighted by atomic mass is 10.1. The van der Waals surface area contributed by atoms with Crippen LogP contribution in [0.2, 0.25) is 0 Å². The highest BCUT2D eigenvalue weighted by Gasteiger charge is 2.36. The van der Waals surface area contributed by atoms with Gasteiger partial charge in [-0.25, -0.2) is 4.79 Å². The van der Waals surface area contributed by atoms with Crippen LogP contribution in [-0.2, 0) is 14.3 Å². The summed E-state index contributed by atoms with van der Waals surface area (Å²) >= 11 is 0. The molecule has 1 saturated heterocycles. The first-order valence-electron chi connectivity index (χ1n) is 10.6. The van der Waals surface area contributed by atoms with Crippen LogP contribution in [0, 0.1) is 0 Å². The second-order valence-electron chi connectivity index (χ2n) is 8.64. The summed E-state index contributed by atoms with van der Waals surface area (Å²) in [6.45, 7) is 7.11. The van der Waals surface area contributed by atoms with Gasteiger partial charge in [0.05, 0.1) is 12.2 Å². The Labute approximate surface area is 177 Å². The minimum absolute atomic E-state index is 0.0751. The predicted octanol–water partition coefficient (Wildman–Crippen LogP) is 2.71. The van der Waals surface area contributed by atoms with Crippen LogP contribution in [0.25, 0.3) is 0 Å². The number of nitrogens with one attached hydrogen (secondary N) is 1. The molecular weight excluding hydrogens is 386 g/mol. The predicted molar refractivity (Wildman–Crippen MR) is 112 cm³/mol. The van der Waals surface area contributed by atoms with E-state index in [0.29, 0.717) is 11.4 Å². The molecule has 0 unspecified atom stereocenters. The molecule has 0 radical (unpaired) electrons. The number of para-hydroxylation sites is 2. The third-order valence-electron chi connectivity index (χ3n) is 5.02. The molecule has 2 heterocycles. The molecule has 1 aromatic rings. The lowest BCUT2D eigenvalue weighted by Crippen LogP contribution is -2.53. The van der Waals surface area contributed by atoms with Crippen molar-refractivity contribution < 1.29 is 23.9 Å². The first-order valence-corrected chi connectivity index (χ1v) is 10.6. The third kappa shape index (κ3) is 5.64. The van der Waals surface area contributed by atoms with Gasteiger partial charge in [-0.05, 0) is 52.2 Å². The smallest absolute Gasteiger partial charge is 0.407 e. The van der Waals surface area contributed by atoms with Gasteiger partial charge in [-0.1, -0.05) is 12.1 Å². The topological polar surface area (TPSA) is 88.2 Å². The first kappa shape index (κ1) is 21.9. The van der Waals surface area contributed by atoms with Gasteiger partial charge in [-0.3, -0.25) is 9.59 Å². The molecule has 2 aliphatic rings. The highest BCUT2D eigenvalue weighted by atomic mass is 16.6. The van der Waals surface area contributed by atoms with E-state index in [1.54, 1.807) is 37.8 Å². The van der Waals surface area contributed by atoms with Crippen molar-refractivity contribution in [1.29, 1.82) is 0 Å². The van der Waals surface area contributed by atoms with Crippen molar-refractivity contribution in [3.63, 3.8) is 0 Å². The van der Waals surface area contributed by atoms with E-state index in [1.807, 2.05) is 17.0 Å². The lowest BCUT2D eigenvalue weighted by Gasteiger charge is -2.37. The quantitative estimate of drug-likeness (QED) is 0.814. The number of anilines is 1. The van der Waals surface area contributed by atoms with Gasteiger partial charge < -0.3 is 24.6 Å². The highest BCUT2D eigenvalue weighted by Crippen LogP contribution is 2.34. The van der Waals surface area contributed by atoms with Gasteiger partial charge in [-0.15, -0.1) is 0 Å². The van der Waals surface area contributed by atoms with Crippen LogP contribution in [-0.4, -0.2) is 60.7 Å². The number of nitrogens with zero attached hydrogens (tertiary/aromatic N) is 2. The Morgan fingerprint density at radius 3 is 2.53 bits per heavy atom. The number of carbonyl (C=O) groups excluding carboxylic acids is 3. The summed E-state index contributed by atoms with van der Waals surface area (Å²) in [5, 5.41) is 2.60. The Balaban J connectivity index is 1.64. The summed E-state index contributed by atoms with van der Waals surface area (Å²) in [4.78, 5) is 41.1. The van der Waals surface area contributed by atoms with E-state index >= 15 is 0 Å². The van der Waals surface area contributed by atoms with Crippen molar-refractivity contribution in [3.05, 3.63) is 24.3 Å². The van der Waals surface area contributed by atoms with E-state index < -0.39 is 17.8 Å². The highest BCUT2D eigenvalue weighted by molar-refractivity contribution is 5.97. The molecule has 1 N–H and O–H groups in total. The molecule has 3 rings (SSSR count). The summed E-state index contributed by atoms with van der Waals surface area (Å²) in [5.41, 5.74) is 0.0432. The van der Waals surface area contributed by atoms with Crippen molar-refractivity contribution in [2.45, 2.75) is 58.2 Å². The van der Waals surface area contributed by atoms with Gasteiger partial charge in [-0.2, -0.15) is 0 Å². The number of piperidine rings is 1. The van der Waals surface area contributed by atoms with Gasteiger partial charge in [0.2, 0.25) is 5.91 Å². The van der Waals surface area contributed by atoms with Gasteiger partial charge >= 0.3 is 6.09 Å². The van der Waals surface area contributed by atoms with E-state index in [9.17, 15) is 14.4 Å². The molecule has 30 heavy (non-hydrogen) atoms. The van der Waals surface area contributed by atoms with Crippen molar-refractivity contribution in [2.75, 3.05) is 31.1 Å². The number of hydrogen-bond acceptors (Lipinski definition) is 5. The first-order chi connectivity index (χ1) is 14.2. The van der Waals surface area contributed by atoms with E-state index in [2.05, 4.69) is 5.32 Å². The maximum absolute atomic E-state index is 13.0. The Kier molecular flexibility index (Phi) is 6.84. The van der Waals surface area contributed by atoms with E-state index in [-0.39, 0.29) is 31.3 Å². The summed E-state index contributed by atoms with van der Waals surface area (Å²) in [5.74, 6) is 0.264. The maximum atomic E-state index is 13.0. The largest absolute Gasteiger partial charge is 0.476 e. The van der Waals surface area contributed by atoms with Crippen LogP contribution in [0.4, 0.5) is 10.5 Å². The Bertz CT molecular complexity index is 783. The Hall–Kier alpha value is -2.77. The van der Waals surface area contributed by atoms with Crippen molar-refractivity contribution in [2.24, 2.45) is 0 Å². The van der Waals surface area contributed by atoms with Crippen molar-refractivity contribution >= 4 is 23.6 Å². The normalized spacial score (nSPS) is 18.8. The maximum Gasteiger partial charge on any atom is 0.407 e. The summed E-state index contributed by atoms with van der Waals surface area (Å²) in [7, 11) is 0. The second kappa shape index (κ2) is 9.36. The minimum atomic E-state index is -0.722. The Morgan fingerprint density at radius 1 is 1.13 bits per heavy atom. The monoisotopic (exact) mass is 417 g/mol. The number of carbonyl (C=O) groups is 3. The summed E-state index contributed by atoms with van der Waals surface area (Å²) < 4.78 is 11.1. The standard InChI is InChI=1S/C22H31N3O5/c1-22(2,3)30-21(28)23-12-11-19(26)25-15-18(20(27)24-13-7-4-8-14-24)29-17-10-6-5-9-16(17)25/h5-6,9-10,18H,4,7-8,11-15H2,1-3H3,(H,23,28)/t18-/m0/s1. The minimum Gasteiger partial charge on any atom is -0.476 e. The van der Waals surface area contributed by atoms with Crippen LogP contribution < -0.4 is 15.0 Å². The summed E-state index contributed by atoms with van der Waals surface area (Å²) in [6, 6.07) is 7.22. The molecule has 1 fully saturated rings. The van der Waals surface area contributed by atoms with E-state index in [4.69, 9.17) is 9.47 Å². The summed E-state index contributed by atoms with van der Waals surface area (Å²) in [6.07, 6.45) is 1.93. The lowest BCUT2D eigenvalue weighted by molar-refractivity contribution is -0.139.